The number of hydrogen-bond donors (Lipinski definition) is 0. The standard InChI is InChI=1S/C26H32ClN5O4/c1-16-14-17(11-12-28-16)23(33)30-24-29-19-9-10-20(35-5)21(27)22(19)32(24)18-8-6-7-13-31(15-18)25(34)36-26(2,3)4/h9-12,14,18H,6-8,13,15H2,1-5H3,(H,29,30,33)/p-1/t18-/m1/s1. The van der Waals surface area contributed by atoms with Gasteiger partial charge in [0.25, 0.3) is 0 Å². The number of imidazole rings is 1. The van der Waals surface area contributed by atoms with Crippen LogP contribution in [0.15, 0.2) is 35.5 Å². The summed E-state index contributed by atoms with van der Waals surface area (Å²) in [7, 11) is 1.55. The van der Waals surface area contributed by atoms with E-state index in [9.17, 15) is 9.90 Å². The maximum absolute atomic E-state index is 13.1. The van der Waals surface area contributed by atoms with Crippen LogP contribution >= 0.6 is 11.6 Å². The number of likely N-dealkylation sites (tertiary alicyclic amines) is 1. The molecule has 0 spiro atoms. The second kappa shape index (κ2) is 10.3. The maximum atomic E-state index is 13.1. The molecule has 1 saturated heterocycles. The van der Waals surface area contributed by atoms with Gasteiger partial charge in [-0.3, -0.25) is 4.98 Å². The lowest BCUT2D eigenvalue weighted by Gasteiger charge is -2.29. The Morgan fingerprint density at radius 3 is 2.72 bits per heavy atom. The van der Waals surface area contributed by atoms with Crippen molar-refractivity contribution in [1.29, 1.82) is 0 Å². The molecular weight excluding hydrogens is 482 g/mol. The van der Waals surface area contributed by atoms with E-state index in [2.05, 4.69) is 15.0 Å². The highest BCUT2D eigenvalue weighted by molar-refractivity contribution is 6.36. The minimum absolute atomic E-state index is 0.222. The highest BCUT2D eigenvalue weighted by Gasteiger charge is 2.30. The predicted molar refractivity (Wildman–Crippen MR) is 137 cm³/mol. The van der Waals surface area contributed by atoms with Crippen molar-refractivity contribution in [3.63, 3.8) is 0 Å². The molecule has 3 aromatic rings. The number of aromatic nitrogens is 3. The van der Waals surface area contributed by atoms with Gasteiger partial charge in [0, 0.05) is 25.0 Å². The molecular formula is C26H31ClN5O4-. The molecule has 2 aromatic heterocycles. The number of aliphatic imine (C=N–C) groups is 1. The van der Waals surface area contributed by atoms with Crippen LogP contribution < -0.4 is 9.84 Å². The Kier molecular flexibility index (Phi) is 7.40. The van der Waals surface area contributed by atoms with Gasteiger partial charge in [0.1, 0.15) is 16.4 Å². The number of methoxy groups -OCH3 is 1. The smallest absolute Gasteiger partial charge is 0.410 e. The quantitative estimate of drug-likeness (QED) is 0.367. The van der Waals surface area contributed by atoms with E-state index in [4.69, 9.17) is 21.1 Å². The molecule has 192 valence electrons. The number of nitrogens with zero attached hydrogens (tertiary/aromatic N) is 5. The molecule has 1 aliphatic heterocycles. The zero-order valence-corrected chi connectivity index (χ0v) is 22.0. The first-order valence-electron chi connectivity index (χ1n) is 12.0. The van der Waals surface area contributed by atoms with Crippen molar-refractivity contribution >= 4 is 40.6 Å². The van der Waals surface area contributed by atoms with Crippen LogP contribution in [0.1, 0.15) is 57.3 Å². The van der Waals surface area contributed by atoms with Crippen molar-refractivity contribution in [3.8, 4) is 5.75 Å². The highest BCUT2D eigenvalue weighted by Crippen LogP contribution is 2.39. The van der Waals surface area contributed by atoms with Crippen LogP contribution in [0.2, 0.25) is 5.02 Å². The van der Waals surface area contributed by atoms with E-state index in [0.29, 0.717) is 46.2 Å². The Hall–Kier alpha value is -3.33. The third-order valence-electron chi connectivity index (χ3n) is 5.96. The highest BCUT2D eigenvalue weighted by atomic mass is 35.5. The van der Waals surface area contributed by atoms with Crippen LogP contribution in [0.4, 0.5) is 10.7 Å². The normalized spacial score (nSPS) is 17.2. The summed E-state index contributed by atoms with van der Waals surface area (Å²) < 4.78 is 13.0. The monoisotopic (exact) mass is 512 g/mol. The zero-order chi connectivity index (χ0) is 26.0. The van der Waals surface area contributed by atoms with Gasteiger partial charge in [-0.15, -0.1) is 0 Å². The lowest BCUT2D eigenvalue weighted by Crippen LogP contribution is -2.39. The van der Waals surface area contributed by atoms with E-state index in [-0.39, 0.29) is 18.1 Å². The molecule has 4 rings (SSSR count). The number of hydrogen-bond acceptors (Lipinski definition) is 7. The molecule has 1 atom stereocenters. The molecule has 10 heteroatoms. The first kappa shape index (κ1) is 25.8. The van der Waals surface area contributed by atoms with Gasteiger partial charge < -0.3 is 24.0 Å². The number of amides is 1. The lowest BCUT2D eigenvalue weighted by atomic mass is 10.1. The van der Waals surface area contributed by atoms with Crippen molar-refractivity contribution in [2.24, 2.45) is 4.99 Å². The van der Waals surface area contributed by atoms with Gasteiger partial charge in [-0.25, -0.2) is 14.8 Å². The third kappa shape index (κ3) is 5.56. The fourth-order valence-corrected chi connectivity index (χ4v) is 4.68. The molecule has 0 radical (unpaired) electrons. The van der Waals surface area contributed by atoms with Crippen LogP contribution in [0, 0.1) is 6.92 Å². The molecule has 9 nitrogen and oxygen atoms in total. The average Bonchev–Trinajstić information content (AvgIpc) is 2.99. The lowest BCUT2D eigenvalue weighted by molar-refractivity contribution is -0.212. The number of aryl methyl sites for hydroxylation is 1. The summed E-state index contributed by atoms with van der Waals surface area (Å²) in [5, 5.41) is 13.5. The molecule has 0 saturated carbocycles. The zero-order valence-electron chi connectivity index (χ0n) is 21.2. The number of carbonyl (C=O) groups is 1. The summed E-state index contributed by atoms with van der Waals surface area (Å²) in [4.78, 5) is 27.8. The Balaban J connectivity index is 1.83. The van der Waals surface area contributed by atoms with Gasteiger partial charge in [0.05, 0.1) is 24.2 Å². The predicted octanol–water partition coefficient (Wildman–Crippen LogP) is 4.80. The minimum atomic E-state index is -0.604. The number of ether oxygens (including phenoxy) is 2. The average molecular weight is 513 g/mol. The Morgan fingerprint density at radius 2 is 2.03 bits per heavy atom. The van der Waals surface area contributed by atoms with Crippen LogP contribution in [0.3, 0.4) is 0 Å². The molecule has 0 N–H and O–H groups in total. The van der Waals surface area contributed by atoms with Crippen LogP contribution in [-0.2, 0) is 4.74 Å². The van der Waals surface area contributed by atoms with Crippen molar-refractivity contribution in [3.05, 3.63) is 46.7 Å². The van der Waals surface area contributed by atoms with E-state index in [1.165, 1.54) is 0 Å². The van der Waals surface area contributed by atoms with Crippen LogP contribution in [0.25, 0.3) is 11.0 Å². The molecule has 0 aliphatic carbocycles. The summed E-state index contributed by atoms with van der Waals surface area (Å²) in [5.74, 6) is 0.291. The second-order valence-electron chi connectivity index (χ2n) is 9.91. The molecule has 1 fully saturated rings. The third-order valence-corrected chi connectivity index (χ3v) is 6.33. The first-order chi connectivity index (χ1) is 17.1. The molecule has 0 unspecified atom stereocenters. The Morgan fingerprint density at radius 1 is 1.25 bits per heavy atom. The van der Waals surface area contributed by atoms with Crippen molar-refractivity contribution in [1.82, 2.24) is 19.4 Å². The molecule has 3 heterocycles. The Labute approximate surface area is 215 Å². The number of benzene rings is 1. The van der Waals surface area contributed by atoms with E-state index >= 15 is 0 Å². The van der Waals surface area contributed by atoms with Crippen molar-refractivity contribution in [2.75, 3.05) is 20.2 Å². The summed E-state index contributed by atoms with van der Waals surface area (Å²) in [6.45, 7) is 8.31. The molecule has 1 amide bonds. The van der Waals surface area contributed by atoms with Gasteiger partial charge in [-0.1, -0.05) is 11.6 Å². The van der Waals surface area contributed by atoms with E-state index < -0.39 is 11.5 Å². The van der Waals surface area contributed by atoms with Gasteiger partial charge in [-0.2, -0.15) is 0 Å². The number of halogens is 1. The second-order valence-corrected chi connectivity index (χ2v) is 10.3. The summed E-state index contributed by atoms with van der Waals surface area (Å²) >= 11 is 6.75. The van der Waals surface area contributed by atoms with Crippen molar-refractivity contribution in [2.45, 2.75) is 58.6 Å². The van der Waals surface area contributed by atoms with Gasteiger partial charge in [0.15, 0.2) is 0 Å². The topological polar surface area (TPSA) is 105 Å². The number of pyridine rings is 1. The van der Waals surface area contributed by atoms with Gasteiger partial charge in [0.2, 0.25) is 5.95 Å². The van der Waals surface area contributed by atoms with Crippen LogP contribution in [0.5, 0.6) is 5.75 Å². The summed E-state index contributed by atoms with van der Waals surface area (Å²) in [6.07, 6.45) is 3.67. The molecule has 1 aromatic carbocycles. The van der Waals surface area contributed by atoms with Crippen molar-refractivity contribution < 1.29 is 19.4 Å². The Bertz CT molecular complexity index is 1300. The fourth-order valence-electron chi connectivity index (χ4n) is 4.36. The minimum Gasteiger partial charge on any atom is -0.858 e. The van der Waals surface area contributed by atoms with E-state index in [0.717, 1.165) is 19.3 Å². The molecule has 1 aliphatic rings. The van der Waals surface area contributed by atoms with Gasteiger partial charge >= 0.3 is 6.09 Å². The van der Waals surface area contributed by atoms with Gasteiger partial charge in [-0.05, 0) is 82.7 Å². The molecule has 0 bridgehead atoms. The fraction of sp³-hybridized carbons (Fsp3) is 0.462. The number of fused-ring (bicyclic) bond motifs is 1. The SMILES string of the molecule is COc1ccc2nc(/N=C(\[O-])c3ccnc(C)c3)n([C@@H]3CCCCN(C(=O)OC(C)(C)C)C3)c2c1Cl. The molecule has 36 heavy (non-hydrogen) atoms. The first-order valence-corrected chi connectivity index (χ1v) is 12.4. The number of carbonyl (C=O) groups excluding carboxylic acids is 1. The largest absolute Gasteiger partial charge is 0.858 e. The maximum Gasteiger partial charge on any atom is 0.410 e. The summed E-state index contributed by atoms with van der Waals surface area (Å²) in [5.41, 5.74) is 1.73. The summed E-state index contributed by atoms with van der Waals surface area (Å²) in [6, 6.07) is 6.61. The number of rotatable bonds is 4. The van der Waals surface area contributed by atoms with E-state index in [1.807, 2.05) is 32.3 Å². The van der Waals surface area contributed by atoms with Crippen LogP contribution in [-0.4, -0.2) is 57.2 Å². The van der Waals surface area contributed by atoms with E-state index in [1.54, 1.807) is 42.5 Å².